The second-order valence-corrected chi connectivity index (χ2v) is 6.68. The number of carbonyl (C=O) groups is 1. The summed E-state index contributed by atoms with van der Waals surface area (Å²) in [5.74, 6) is 2.57. The van der Waals surface area contributed by atoms with E-state index < -0.39 is 0 Å². The molecule has 2 rings (SSSR count). The van der Waals surface area contributed by atoms with Gasteiger partial charge in [0.1, 0.15) is 5.76 Å². The van der Waals surface area contributed by atoms with Crippen molar-refractivity contribution in [3.05, 3.63) is 54.0 Å². The first-order chi connectivity index (χ1) is 12.2. The van der Waals surface area contributed by atoms with Crippen LogP contribution in [-0.2, 0) is 10.5 Å². The van der Waals surface area contributed by atoms with Crippen LogP contribution in [0.3, 0.4) is 0 Å². The molecule has 0 aliphatic heterocycles. The Bertz CT molecular complexity index is 675. The van der Waals surface area contributed by atoms with Crippen LogP contribution in [0.4, 0.5) is 5.69 Å². The first-order valence-corrected chi connectivity index (χ1v) is 9.67. The molecule has 0 aliphatic carbocycles. The van der Waals surface area contributed by atoms with Gasteiger partial charge in [-0.05, 0) is 61.6 Å². The van der Waals surface area contributed by atoms with Crippen molar-refractivity contribution >= 4 is 40.7 Å². The fourth-order valence-corrected chi connectivity index (χ4v) is 3.14. The summed E-state index contributed by atoms with van der Waals surface area (Å²) in [5, 5.41) is 6.79. The number of thiocarbonyl (C=S) groups is 1. The number of furan rings is 1. The van der Waals surface area contributed by atoms with Crippen molar-refractivity contribution in [2.24, 2.45) is 0 Å². The Hall–Kier alpha value is -1.99. The fraction of sp³-hybridized carbons (Fsp3) is 0.333. The molecule has 0 spiro atoms. The lowest BCUT2D eigenvalue weighted by Gasteiger charge is -2.11. The van der Waals surface area contributed by atoms with Crippen LogP contribution >= 0.6 is 24.0 Å². The van der Waals surface area contributed by atoms with Crippen LogP contribution in [0.2, 0.25) is 0 Å². The van der Waals surface area contributed by atoms with E-state index in [4.69, 9.17) is 21.4 Å². The molecule has 0 amide bonds. The number of anilines is 1. The maximum Gasteiger partial charge on any atom is 0.338 e. The Balaban J connectivity index is 1.64. The lowest BCUT2D eigenvalue weighted by Crippen LogP contribution is -2.29. The summed E-state index contributed by atoms with van der Waals surface area (Å²) in [6.07, 6.45) is 2.69. The van der Waals surface area contributed by atoms with Crippen molar-refractivity contribution in [1.82, 2.24) is 5.32 Å². The highest BCUT2D eigenvalue weighted by Crippen LogP contribution is 2.13. The molecule has 5 nitrogen and oxygen atoms in total. The van der Waals surface area contributed by atoms with E-state index in [-0.39, 0.29) is 5.97 Å². The van der Waals surface area contributed by atoms with Crippen molar-refractivity contribution in [2.75, 3.05) is 24.2 Å². The topological polar surface area (TPSA) is 63.5 Å². The minimum Gasteiger partial charge on any atom is -0.468 e. The van der Waals surface area contributed by atoms with Gasteiger partial charge in [0, 0.05) is 12.2 Å². The van der Waals surface area contributed by atoms with Crippen LogP contribution in [0.5, 0.6) is 0 Å². The average molecular weight is 379 g/mol. The summed E-state index contributed by atoms with van der Waals surface area (Å²) in [4.78, 5) is 11.7. The van der Waals surface area contributed by atoms with E-state index in [1.54, 1.807) is 31.4 Å². The molecule has 2 aromatic rings. The van der Waals surface area contributed by atoms with E-state index in [0.717, 1.165) is 35.9 Å². The third-order valence-corrected chi connectivity index (χ3v) is 4.52. The summed E-state index contributed by atoms with van der Waals surface area (Å²) in [7, 11) is 0. The molecule has 0 saturated carbocycles. The number of hydrogen-bond acceptors (Lipinski definition) is 5. The third-order valence-electron chi connectivity index (χ3n) is 3.21. The molecule has 0 radical (unpaired) electrons. The van der Waals surface area contributed by atoms with Crippen LogP contribution in [-0.4, -0.2) is 30.0 Å². The standard InChI is InChI=1S/C18H22N2O3S2/c1-2-22-17(21)14-6-3-7-15(12-14)20-18(24)19-9-5-11-25-13-16-8-4-10-23-16/h3-4,6-8,10,12H,2,5,9,11,13H2,1H3,(H2,19,20,24). The van der Waals surface area contributed by atoms with Crippen LogP contribution in [0, 0.1) is 0 Å². The van der Waals surface area contributed by atoms with Gasteiger partial charge in [0.2, 0.25) is 0 Å². The Morgan fingerprint density at radius 1 is 1.32 bits per heavy atom. The van der Waals surface area contributed by atoms with E-state index in [1.165, 1.54) is 0 Å². The molecule has 0 atom stereocenters. The van der Waals surface area contributed by atoms with E-state index >= 15 is 0 Å². The maximum absolute atomic E-state index is 11.7. The monoisotopic (exact) mass is 378 g/mol. The molecule has 25 heavy (non-hydrogen) atoms. The first-order valence-electron chi connectivity index (χ1n) is 8.11. The van der Waals surface area contributed by atoms with Gasteiger partial charge in [0.15, 0.2) is 5.11 Å². The zero-order valence-corrected chi connectivity index (χ0v) is 15.8. The zero-order chi connectivity index (χ0) is 17.9. The Kier molecular flexibility index (Phi) is 8.34. The van der Waals surface area contributed by atoms with E-state index in [0.29, 0.717) is 17.3 Å². The molecule has 0 aliphatic rings. The highest BCUT2D eigenvalue weighted by Gasteiger charge is 2.07. The van der Waals surface area contributed by atoms with Crippen molar-refractivity contribution in [1.29, 1.82) is 0 Å². The largest absolute Gasteiger partial charge is 0.468 e. The molecule has 1 heterocycles. The number of hydrogen-bond donors (Lipinski definition) is 2. The predicted molar refractivity (Wildman–Crippen MR) is 106 cm³/mol. The number of carbonyl (C=O) groups excluding carboxylic acids is 1. The van der Waals surface area contributed by atoms with Gasteiger partial charge in [-0.1, -0.05) is 6.07 Å². The van der Waals surface area contributed by atoms with E-state index in [9.17, 15) is 4.79 Å². The summed E-state index contributed by atoms with van der Waals surface area (Å²) < 4.78 is 10.3. The molecule has 0 bridgehead atoms. The van der Waals surface area contributed by atoms with E-state index in [1.807, 2.05) is 30.0 Å². The third kappa shape index (κ3) is 7.19. The number of nitrogens with one attached hydrogen (secondary N) is 2. The smallest absolute Gasteiger partial charge is 0.338 e. The Morgan fingerprint density at radius 2 is 2.20 bits per heavy atom. The van der Waals surface area contributed by atoms with Gasteiger partial charge in [-0.25, -0.2) is 4.79 Å². The van der Waals surface area contributed by atoms with Gasteiger partial charge in [-0.3, -0.25) is 0 Å². The number of ether oxygens (including phenoxy) is 1. The molecule has 0 saturated heterocycles. The van der Waals surface area contributed by atoms with Crippen molar-refractivity contribution < 1.29 is 13.9 Å². The molecule has 7 heteroatoms. The summed E-state index contributed by atoms with van der Waals surface area (Å²) in [5.41, 5.74) is 1.26. The SMILES string of the molecule is CCOC(=O)c1cccc(NC(=S)NCCCSCc2ccco2)c1. The average Bonchev–Trinajstić information content (AvgIpc) is 3.12. The fourth-order valence-electron chi connectivity index (χ4n) is 2.06. The van der Waals surface area contributed by atoms with Gasteiger partial charge in [0.25, 0.3) is 0 Å². The molecule has 1 aromatic carbocycles. The molecule has 2 N–H and O–H groups in total. The van der Waals surface area contributed by atoms with Crippen LogP contribution < -0.4 is 10.6 Å². The van der Waals surface area contributed by atoms with Gasteiger partial charge >= 0.3 is 5.97 Å². The molecule has 0 fully saturated rings. The Morgan fingerprint density at radius 3 is 2.96 bits per heavy atom. The van der Waals surface area contributed by atoms with Gasteiger partial charge in [-0.15, -0.1) is 0 Å². The number of esters is 1. The molecular weight excluding hydrogens is 356 g/mol. The lowest BCUT2D eigenvalue weighted by atomic mass is 10.2. The summed E-state index contributed by atoms with van der Waals surface area (Å²) >= 11 is 7.11. The van der Waals surface area contributed by atoms with Crippen LogP contribution in [0.25, 0.3) is 0 Å². The van der Waals surface area contributed by atoms with Gasteiger partial charge < -0.3 is 19.8 Å². The summed E-state index contributed by atoms with van der Waals surface area (Å²) in [6, 6.07) is 11.0. The minimum atomic E-state index is -0.335. The number of rotatable bonds is 9. The van der Waals surface area contributed by atoms with Crippen LogP contribution in [0.15, 0.2) is 47.1 Å². The molecule has 1 aromatic heterocycles. The van der Waals surface area contributed by atoms with Gasteiger partial charge in [-0.2, -0.15) is 11.8 Å². The highest BCUT2D eigenvalue weighted by molar-refractivity contribution is 7.98. The Labute approximate surface area is 157 Å². The van der Waals surface area contributed by atoms with Crippen molar-refractivity contribution in [3.63, 3.8) is 0 Å². The molecule has 134 valence electrons. The normalized spacial score (nSPS) is 10.3. The molecule has 0 unspecified atom stereocenters. The number of thioether (sulfide) groups is 1. The predicted octanol–water partition coefficient (Wildman–Crippen LogP) is 4.07. The second-order valence-electron chi connectivity index (χ2n) is 5.17. The van der Waals surface area contributed by atoms with Crippen LogP contribution in [0.1, 0.15) is 29.5 Å². The second kappa shape index (κ2) is 10.8. The van der Waals surface area contributed by atoms with Gasteiger partial charge in [0.05, 0.1) is 24.2 Å². The van der Waals surface area contributed by atoms with Crippen molar-refractivity contribution in [3.8, 4) is 0 Å². The van der Waals surface area contributed by atoms with E-state index in [2.05, 4.69) is 10.6 Å². The van der Waals surface area contributed by atoms with Crippen molar-refractivity contribution in [2.45, 2.75) is 19.1 Å². The highest BCUT2D eigenvalue weighted by atomic mass is 32.2. The number of benzene rings is 1. The quantitative estimate of drug-likeness (QED) is 0.387. The minimum absolute atomic E-state index is 0.335. The zero-order valence-electron chi connectivity index (χ0n) is 14.1. The maximum atomic E-state index is 11.7. The first kappa shape index (κ1) is 19.3. The lowest BCUT2D eigenvalue weighted by molar-refractivity contribution is 0.0526. The molecular formula is C18H22N2O3S2. The summed E-state index contributed by atoms with van der Waals surface area (Å²) in [6.45, 7) is 2.93.